The third-order valence-electron chi connectivity index (χ3n) is 8.99. The highest BCUT2D eigenvalue weighted by molar-refractivity contribution is 7.92. The lowest BCUT2D eigenvalue weighted by atomic mass is 9.89. The molecule has 0 spiro atoms. The van der Waals surface area contributed by atoms with Crippen molar-refractivity contribution in [2.24, 2.45) is 0 Å². The van der Waals surface area contributed by atoms with E-state index < -0.39 is 21.8 Å². The van der Waals surface area contributed by atoms with Gasteiger partial charge in [-0.05, 0) is 74.4 Å². The number of ether oxygens (including phenoxy) is 2. The molecule has 5 rings (SSSR count). The predicted octanol–water partition coefficient (Wildman–Crippen LogP) is 5.46. The number of nitrogens with zero attached hydrogens (tertiary/aromatic N) is 4. The highest BCUT2D eigenvalue weighted by Gasteiger charge is 2.35. The molecule has 2 heterocycles. The van der Waals surface area contributed by atoms with E-state index in [4.69, 9.17) is 21.1 Å². The molecule has 2 N–H and O–H groups in total. The summed E-state index contributed by atoms with van der Waals surface area (Å²) >= 11 is 6.10. The average molecular weight is 725 g/mol. The van der Waals surface area contributed by atoms with Gasteiger partial charge in [0.15, 0.2) is 0 Å². The molecule has 0 radical (unpaired) electrons. The number of benzene rings is 2. The molecule has 1 aliphatic heterocycles. The summed E-state index contributed by atoms with van der Waals surface area (Å²) < 4.78 is 78.4. The van der Waals surface area contributed by atoms with Gasteiger partial charge in [0, 0.05) is 49.0 Å². The Bertz CT molecular complexity index is 1750. The summed E-state index contributed by atoms with van der Waals surface area (Å²) in [6, 6.07) is 9.88. The molecule has 1 saturated heterocycles. The molecule has 0 unspecified atom stereocenters. The fraction of sp³-hybridized carbons (Fsp3) is 0.485. The van der Waals surface area contributed by atoms with E-state index in [0.717, 1.165) is 62.5 Å². The normalized spacial score (nSPS) is 18.9. The molecule has 0 bridgehead atoms. The van der Waals surface area contributed by atoms with E-state index in [1.54, 1.807) is 30.3 Å². The first-order valence-corrected chi connectivity index (χ1v) is 18.2. The van der Waals surface area contributed by atoms with Crippen molar-refractivity contribution < 1.29 is 35.9 Å². The van der Waals surface area contributed by atoms with E-state index in [9.17, 15) is 26.4 Å². The molecule has 16 heteroatoms. The maximum atomic E-state index is 14.0. The number of amides is 1. The van der Waals surface area contributed by atoms with E-state index in [2.05, 4.69) is 25.5 Å². The monoisotopic (exact) mass is 724 g/mol. The molecule has 3 aromatic rings. The average Bonchev–Trinajstić information content (AvgIpc) is 3.07. The van der Waals surface area contributed by atoms with Crippen LogP contribution in [0.5, 0.6) is 5.75 Å². The van der Waals surface area contributed by atoms with Gasteiger partial charge in [0.1, 0.15) is 5.75 Å². The molecule has 2 aliphatic rings. The lowest BCUT2D eigenvalue weighted by Crippen LogP contribution is -2.47. The molecule has 49 heavy (non-hydrogen) atoms. The summed E-state index contributed by atoms with van der Waals surface area (Å²) in [6.07, 6.45) is 0.629. The van der Waals surface area contributed by atoms with Gasteiger partial charge in [0.05, 0.1) is 49.2 Å². The topological polar surface area (TPSA) is 126 Å². The summed E-state index contributed by atoms with van der Waals surface area (Å²) in [5.41, 5.74) is 0.161. The van der Waals surface area contributed by atoms with Gasteiger partial charge >= 0.3 is 6.18 Å². The summed E-state index contributed by atoms with van der Waals surface area (Å²) in [5, 5.41) is 6.32. The first-order valence-electron chi connectivity index (χ1n) is 16.0. The van der Waals surface area contributed by atoms with Crippen LogP contribution in [0.4, 0.5) is 30.5 Å². The minimum absolute atomic E-state index is 0.0356. The highest BCUT2D eigenvalue weighted by Crippen LogP contribution is 2.34. The van der Waals surface area contributed by atoms with Crippen LogP contribution in [0.1, 0.15) is 52.9 Å². The first-order chi connectivity index (χ1) is 23.2. The quantitative estimate of drug-likeness (QED) is 0.265. The maximum Gasteiger partial charge on any atom is 0.419 e. The Morgan fingerprint density at radius 3 is 2.47 bits per heavy atom. The first kappa shape index (κ1) is 36.6. The summed E-state index contributed by atoms with van der Waals surface area (Å²) in [5.74, 6) is -0.0701. The van der Waals surface area contributed by atoms with Crippen molar-refractivity contribution in [2.75, 3.05) is 56.3 Å². The SMILES string of the molecule is COc1cc(C(=O)NC2CCC(N3CCOCC3)CC2)ccc1Nc1ncc(C(F)(F)F)c(CCc2ccc(Cl)cc2N(C)S(C)(=O)=O)n1. The van der Waals surface area contributed by atoms with E-state index in [1.807, 2.05) is 0 Å². The molecule has 11 nitrogen and oxygen atoms in total. The zero-order chi connectivity index (χ0) is 35.3. The molecule has 2 fully saturated rings. The highest BCUT2D eigenvalue weighted by atomic mass is 35.5. The Labute approximate surface area is 289 Å². The smallest absolute Gasteiger partial charge is 0.419 e. The van der Waals surface area contributed by atoms with E-state index in [-0.39, 0.29) is 52.9 Å². The van der Waals surface area contributed by atoms with Crippen LogP contribution in [0.15, 0.2) is 42.6 Å². The summed E-state index contributed by atoms with van der Waals surface area (Å²) in [7, 11) is -0.895. The van der Waals surface area contributed by atoms with E-state index in [0.29, 0.717) is 29.1 Å². The molecular formula is C33H40ClF3N6O5S. The van der Waals surface area contributed by atoms with Crippen LogP contribution in [-0.2, 0) is 33.8 Å². The third kappa shape index (κ3) is 9.32. The Hall–Kier alpha value is -3.66. The number of rotatable bonds is 11. The Morgan fingerprint density at radius 2 is 1.82 bits per heavy atom. The summed E-state index contributed by atoms with van der Waals surface area (Å²) in [4.78, 5) is 23.7. The van der Waals surface area contributed by atoms with Crippen molar-refractivity contribution in [3.05, 3.63) is 70.0 Å². The number of hydrogen-bond acceptors (Lipinski definition) is 9. The Morgan fingerprint density at radius 1 is 1.10 bits per heavy atom. The van der Waals surface area contributed by atoms with Crippen LogP contribution < -0.4 is 19.7 Å². The lowest BCUT2D eigenvalue weighted by Gasteiger charge is -2.38. The number of morpholine rings is 1. The number of sulfonamides is 1. The molecule has 2 aromatic carbocycles. The maximum absolute atomic E-state index is 14.0. The molecule has 1 aliphatic carbocycles. The van der Waals surface area contributed by atoms with E-state index >= 15 is 0 Å². The van der Waals surface area contributed by atoms with Gasteiger partial charge in [-0.3, -0.25) is 14.0 Å². The second-order valence-corrected chi connectivity index (χ2v) is 14.7. The van der Waals surface area contributed by atoms with Gasteiger partial charge in [-0.2, -0.15) is 13.2 Å². The molecular weight excluding hydrogens is 685 g/mol. The van der Waals surface area contributed by atoms with Crippen LogP contribution in [0.3, 0.4) is 0 Å². The van der Waals surface area contributed by atoms with Crippen molar-refractivity contribution in [1.82, 2.24) is 20.2 Å². The zero-order valence-electron chi connectivity index (χ0n) is 27.5. The molecule has 1 saturated carbocycles. The van der Waals surface area contributed by atoms with Gasteiger partial charge in [-0.25, -0.2) is 18.4 Å². The fourth-order valence-corrected chi connectivity index (χ4v) is 6.92. The number of aryl methyl sites for hydroxylation is 2. The van der Waals surface area contributed by atoms with Crippen LogP contribution in [0.25, 0.3) is 0 Å². The van der Waals surface area contributed by atoms with Crippen LogP contribution in [-0.4, -0.2) is 88.0 Å². The molecule has 1 aromatic heterocycles. The number of nitrogens with one attached hydrogen (secondary N) is 2. The zero-order valence-corrected chi connectivity index (χ0v) is 29.1. The molecule has 266 valence electrons. The van der Waals surface area contributed by atoms with Crippen molar-refractivity contribution >= 4 is 44.9 Å². The van der Waals surface area contributed by atoms with E-state index in [1.165, 1.54) is 20.2 Å². The standard InChI is InChI=1S/C33H40ClF3N6O5S/c1-42(49(3,45)46)29-19-23(34)7-4-21(29)5-12-27-26(33(35,36)37)20-38-32(40-27)41-28-13-6-22(18-30(28)47-2)31(44)39-24-8-10-25(11-9-24)43-14-16-48-17-15-43/h4,6-7,13,18-20,24-25H,5,8-12,14-17H2,1-3H3,(H,39,44)(H,38,40,41). The van der Waals surface area contributed by atoms with Gasteiger partial charge in [0.25, 0.3) is 5.91 Å². The van der Waals surface area contributed by atoms with Crippen LogP contribution in [0, 0.1) is 0 Å². The lowest BCUT2D eigenvalue weighted by molar-refractivity contribution is -0.138. The molecule has 1 amide bonds. The number of carbonyl (C=O) groups excluding carboxylic acids is 1. The van der Waals surface area contributed by atoms with Crippen molar-refractivity contribution in [1.29, 1.82) is 0 Å². The van der Waals surface area contributed by atoms with Gasteiger partial charge < -0.3 is 20.1 Å². The van der Waals surface area contributed by atoms with Gasteiger partial charge in [0.2, 0.25) is 16.0 Å². The van der Waals surface area contributed by atoms with Crippen molar-refractivity contribution in [3.8, 4) is 5.75 Å². The third-order valence-corrected chi connectivity index (χ3v) is 10.4. The summed E-state index contributed by atoms with van der Waals surface area (Å²) in [6.45, 7) is 3.40. The Balaban J connectivity index is 1.28. The Kier molecular flexibility index (Phi) is 11.6. The minimum atomic E-state index is -4.73. The predicted molar refractivity (Wildman–Crippen MR) is 181 cm³/mol. The second kappa shape index (κ2) is 15.5. The van der Waals surface area contributed by atoms with Crippen molar-refractivity contribution in [3.63, 3.8) is 0 Å². The van der Waals surface area contributed by atoms with Gasteiger partial charge in [-0.1, -0.05) is 17.7 Å². The fourth-order valence-electron chi connectivity index (χ4n) is 6.23. The number of alkyl halides is 3. The number of aromatic nitrogens is 2. The van der Waals surface area contributed by atoms with Crippen LogP contribution >= 0.6 is 11.6 Å². The number of hydrogen-bond donors (Lipinski definition) is 2. The number of halogens is 4. The molecule has 0 atom stereocenters. The minimum Gasteiger partial charge on any atom is -0.495 e. The van der Waals surface area contributed by atoms with Crippen molar-refractivity contribution in [2.45, 2.75) is 56.8 Å². The van der Waals surface area contributed by atoms with Gasteiger partial charge in [-0.15, -0.1) is 0 Å². The number of anilines is 3. The second-order valence-electron chi connectivity index (χ2n) is 12.2. The van der Waals surface area contributed by atoms with Crippen LogP contribution in [0.2, 0.25) is 5.02 Å². The number of carbonyl (C=O) groups is 1. The number of methoxy groups -OCH3 is 1. The largest absolute Gasteiger partial charge is 0.495 e.